The van der Waals surface area contributed by atoms with E-state index in [1.807, 2.05) is 0 Å². The molecule has 0 fully saturated rings. The number of rotatable bonds is 6. The molecule has 19 heavy (non-hydrogen) atoms. The van der Waals surface area contributed by atoms with E-state index in [2.05, 4.69) is 17.2 Å². The number of hydrogen-bond donors (Lipinski definition) is 1. The van der Waals surface area contributed by atoms with Gasteiger partial charge in [0.2, 0.25) is 0 Å². The predicted octanol–water partition coefficient (Wildman–Crippen LogP) is 1.66. The van der Waals surface area contributed by atoms with Crippen LogP contribution in [0.5, 0.6) is 0 Å². The van der Waals surface area contributed by atoms with Crippen molar-refractivity contribution in [2.24, 2.45) is 0 Å². The van der Waals surface area contributed by atoms with Gasteiger partial charge >= 0.3 is 0 Å². The summed E-state index contributed by atoms with van der Waals surface area (Å²) in [5, 5.41) is 3.50. The third-order valence-corrected chi connectivity index (χ3v) is 4.09. The van der Waals surface area contributed by atoms with Gasteiger partial charge in [-0.15, -0.1) is 0 Å². The fourth-order valence-electron chi connectivity index (χ4n) is 2.02. The lowest BCUT2D eigenvalue weighted by molar-refractivity contribution is 0.0950. The lowest BCUT2D eigenvalue weighted by Gasteiger charge is -2.06. The van der Waals surface area contributed by atoms with Gasteiger partial charge in [-0.25, -0.2) is 4.98 Å². The monoisotopic (exact) mass is 281 g/mol. The molecular formula is C13H19N3O2S. The zero-order valence-corrected chi connectivity index (χ0v) is 12.0. The summed E-state index contributed by atoms with van der Waals surface area (Å²) in [5.74, 6) is 0.547. The fourth-order valence-corrected chi connectivity index (χ4v) is 2.94. The summed E-state index contributed by atoms with van der Waals surface area (Å²) in [6, 6.07) is 0. The Morgan fingerprint density at radius 1 is 1.47 bits per heavy atom. The number of nitrogens with one attached hydrogen (secondary N) is 1. The average Bonchev–Trinajstić information content (AvgIpc) is 2.88. The molecule has 0 aromatic carbocycles. The van der Waals surface area contributed by atoms with Gasteiger partial charge in [-0.05, 0) is 6.42 Å². The van der Waals surface area contributed by atoms with Crippen LogP contribution in [0.3, 0.4) is 0 Å². The van der Waals surface area contributed by atoms with E-state index in [-0.39, 0.29) is 17.0 Å². The van der Waals surface area contributed by atoms with E-state index in [0.717, 1.165) is 18.6 Å². The molecule has 1 N–H and O–H groups in total. The van der Waals surface area contributed by atoms with Crippen molar-refractivity contribution in [3.8, 4) is 0 Å². The van der Waals surface area contributed by atoms with Gasteiger partial charge < -0.3 is 5.32 Å². The lowest BCUT2D eigenvalue weighted by atomic mass is 10.2. The summed E-state index contributed by atoms with van der Waals surface area (Å²) < 4.78 is 1.58. The second kappa shape index (κ2) is 6.75. The number of aromatic nitrogens is 2. The normalized spacial score (nSPS) is 13.3. The number of carbonyl (C=O) groups is 1. The summed E-state index contributed by atoms with van der Waals surface area (Å²) in [5.41, 5.74) is -0.0669. The van der Waals surface area contributed by atoms with Gasteiger partial charge in [0.05, 0.1) is 0 Å². The lowest BCUT2D eigenvalue weighted by Crippen LogP contribution is -2.33. The maximum absolute atomic E-state index is 12.1. The van der Waals surface area contributed by atoms with E-state index in [1.165, 1.54) is 19.0 Å². The number of hydrogen-bond acceptors (Lipinski definition) is 4. The molecule has 6 heteroatoms. The van der Waals surface area contributed by atoms with Crippen LogP contribution in [0.4, 0.5) is 0 Å². The quantitative estimate of drug-likeness (QED) is 0.636. The Hall–Kier alpha value is -1.30. The van der Waals surface area contributed by atoms with Crippen LogP contribution in [0, 0.1) is 0 Å². The molecule has 2 heterocycles. The first-order valence-electron chi connectivity index (χ1n) is 6.75. The first kappa shape index (κ1) is 14.1. The minimum atomic E-state index is -0.304. The molecule has 1 aromatic rings. The molecule has 1 aromatic heterocycles. The Balaban J connectivity index is 1.95. The summed E-state index contributed by atoms with van der Waals surface area (Å²) in [6.07, 6.45) is 5.80. The van der Waals surface area contributed by atoms with Crippen LogP contribution in [-0.4, -0.2) is 27.8 Å². The molecule has 104 valence electrons. The van der Waals surface area contributed by atoms with Crippen LogP contribution in [0.2, 0.25) is 0 Å². The van der Waals surface area contributed by atoms with Crippen LogP contribution in [0.15, 0.2) is 16.1 Å². The first-order valence-corrected chi connectivity index (χ1v) is 7.73. The number of unbranched alkanes of at least 4 members (excludes halogenated alkanes) is 3. The molecule has 0 aliphatic carbocycles. The van der Waals surface area contributed by atoms with Crippen LogP contribution in [0.25, 0.3) is 0 Å². The largest absolute Gasteiger partial charge is 0.352 e. The van der Waals surface area contributed by atoms with Gasteiger partial charge in [0.25, 0.3) is 11.5 Å². The second-order valence-electron chi connectivity index (χ2n) is 4.58. The molecule has 0 saturated carbocycles. The van der Waals surface area contributed by atoms with E-state index in [9.17, 15) is 9.59 Å². The summed E-state index contributed by atoms with van der Waals surface area (Å²) in [6.45, 7) is 3.41. The summed E-state index contributed by atoms with van der Waals surface area (Å²) >= 11 is 1.55. The van der Waals surface area contributed by atoms with E-state index >= 15 is 0 Å². The van der Waals surface area contributed by atoms with E-state index in [0.29, 0.717) is 18.2 Å². The molecule has 0 spiro atoms. The third kappa shape index (κ3) is 3.37. The third-order valence-electron chi connectivity index (χ3n) is 3.12. The molecule has 1 aliphatic heterocycles. The summed E-state index contributed by atoms with van der Waals surface area (Å²) in [4.78, 5) is 28.2. The smallest absolute Gasteiger partial charge is 0.267 e. The Bertz CT molecular complexity index is 513. The van der Waals surface area contributed by atoms with Crippen molar-refractivity contribution < 1.29 is 4.79 Å². The Labute approximate surface area is 116 Å². The number of nitrogens with zero attached hydrogens (tertiary/aromatic N) is 2. The number of fused-ring (bicyclic) bond motifs is 1. The highest BCUT2D eigenvalue weighted by atomic mass is 32.2. The molecule has 0 unspecified atom stereocenters. The fraction of sp³-hybridized carbons (Fsp3) is 0.615. The van der Waals surface area contributed by atoms with Crippen LogP contribution < -0.4 is 10.9 Å². The number of carbonyl (C=O) groups excluding carboxylic acids is 1. The van der Waals surface area contributed by atoms with Gasteiger partial charge in [0.1, 0.15) is 5.56 Å². The summed E-state index contributed by atoms with van der Waals surface area (Å²) in [7, 11) is 0. The van der Waals surface area contributed by atoms with E-state index < -0.39 is 0 Å². The molecule has 5 nitrogen and oxygen atoms in total. The Kier molecular flexibility index (Phi) is 5.01. The van der Waals surface area contributed by atoms with Crippen molar-refractivity contribution in [1.82, 2.24) is 14.9 Å². The van der Waals surface area contributed by atoms with Gasteiger partial charge in [-0.3, -0.25) is 14.2 Å². The molecule has 0 saturated heterocycles. The zero-order chi connectivity index (χ0) is 13.7. The number of amides is 1. The number of thioether (sulfide) groups is 1. The van der Waals surface area contributed by atoms with Crippen molar-refractivity contribution in [1.29, 1.82) is 0 Å². The predicted molar refractivity (Wildman–Crippen MR) is 75.7 cm³/mol. The zero-order valence-electron chi connectivity index (χ0n) is 11.1. The van der Waals surface area contributed by atoms with Gasteiger partial charge in [0, 0.05) is 25.0 Å². The molecule has 2 rings (SSSR count). The van der Waals surface area contributed by atoms with Crippen molar-refractivity contribution >= 4 is 17.7 Å². The highest BCUT2D eigenvalue weighted by molar-refractivity contribution is 7.99. The van der Waals surface area contributed by atoms with Crippen LogP contribution in [0.1, 0.15) is 43.0 Å². The molecule has 0 bridgehead atoms. The van der Waals surface area contributed by atoms with Crippen LogP contribution >= 0.6 is 11.8 Å². The molecule has 0 radical (unpaired) electrons. The molecule has 1 aliphatic rings. The standard InChI is InChI=1S/C13H19N3O2S/c1-2-3-4-5-6-14-11(17)10-9-15-13-16(12(10)18)7-8-19-13/h9H,2-8H2,1H3,(H,14,17). The van der Waals surface area contributed by atoms with Crippen molar-refractivity contribution in [3.05, 3.63) is 22.1 Å². The Morgan fingerprint density at radius 2 is 2.32 bits per heavy atom. The first-order chi connectivity index (χ1) is 9.24. The van der Waals surface area contributed by atoms with Gasteiger partial charge in [-0.2, -0.15) is 0 Å². The van der Waals surface area contributed by atoms with Crippen LogP contribution in [-0.2, 0) is 6.54 Å². The van der Waals surface area contributed by atoms with Gasteiger partial charge in [-0.1, -0.05) is 37.9 Å². The Morgan fingerprint density at radius 3 is 3.11 bits per heavy atom. The van der Waals surface area contributed by atoms with Crippen molar-refractivity contribution in [3.63, 3.8) is 0 Å². The average molecular weight is 281 g/mol. The maximum atomic E-state index is 12.1. The van der Waals surface area contributed by atoms with E-state index in [4.69, 9.17) is 0 Å². The van der Waals surface area contributed by atoms with Gasteiger partial charge in [0.15, 0.2) is 5.16 Å². The topological polar surface area (TPSA) is 64.0 Å². The molecule has 0 atom stereocenters. The minimum Gasteiger partial charge on any atom is -0.352 e. The van der Waals surface area contributed by atoms with Crippen molar-refractivity contribution in [2.75, 3.05) is 12.3 Å². The highest BCUT2D eigenvalue weighted by Crippen LogP contribution is 2.20. The molecule has 1 amide bonds. The minimum absolute atomic E-state index is 0.154. The highest BCUT2D eigenvalue weighted by Gasteiger charge is 2.19. The molecular weight excluding hydrogens is 262 g/mol. The second-order valence-corrected chi connectivity index (χ2v) is 5.64. The van der Waals surface area contributed by atoms with E-state index in [1.54, 1.807) is 16.3 Å². The SMILES string of the molecule is CCCCCCNC(=O)c1cnc2n(c1=O)CCS2. The van der Waals surface area contributed by atoms with Crippen molar-refractivity contribution in [2.45, 2.75) is 44.3 Å². The maximum Gasteiger partial charge on any atom is 0.267 e.